The van der Waals surface area contributed by atoms with Crippen molar-refractivity contribution in [3.63, 3.8) is 0 Å². The fourth-order valence-electron chi connectivity index (χ4n) is 3.30. The summed E-state index contributed by atoms with van der Waals surface area (Å²) in [6, 6.07) is 13.4. The van der Waals surface area contributed by atoms with Gasteiger partial charge in [0.2, 0.25) is 0 Å². The third kappa shape index (κ3) is 5.43. The molecule has 3 rings (SSSR count). The van der Waals surface area contributed by atoms with E-state index >= 15 is 0 Å². The van der Waals surface area contributed by atoms with Crippen LogP contribution < -0.4 is 9.47 Å². The Kier molecular flexibility index (Phi) is 7.78. The molecule has 0 spiro atoms. The van der Waals surface area contributed by atoms with Gasteiger partial charge in [-0.2, -0.15) is 0 Å². The maximum absolute atomic E-state index is 13.2. The van der Waals surface area contributed by atoms with Crippen molar-refractivity contribution in [1.29, 1.82) is 0 Å². The normalized spacial score (nSPS) is 16.5. The number of carbonyl (C=O) groups is 1. The number of halogens is 1. The molecule has 156 valence electrons. The molecule has 0 N–H and O–H groups in total. The Balaban J connectivity index is 1.79. The Morgan fingerprint density at radius 2 is 2.00 bits per heavy atom. The summed E-state index contributed by atoms with van der Waals surface area (Å²) in [6.45, 7) is 6.55. The molecule has 1 unspecified atom stereocenters. The van der Waals surface area contributed by atoms with Crippen molar-refractivity contribution in [2.75, 3.05) is 32.9 Å². The van der Waals surface area contributed by atoms with E-state index in [2.05, 4.69) is 6.92 Å². The minimum atomic E-state index is -0.132. The molecule has 1 aliphatic rings. The number of morpholine rings is 1. The number of benzene rings is 2. The topological polar surface area (TPSA) is 48.0 Å². The minimum absolute atomic E-state index is 0.0859. The summed E-state index contributed by atoms with van der Waals surface area (Å²) < 4.78 is 17.4. The zero-order chi connectivity index (χ0) is 20.6. The van der Waals surface area contributed by atoms with E-state index in [4.69, 9.17) is 25.8 Å². The van der Waals surface area contributed by atoms with Crippen molar-refractivity contribution < 1.29 is 19.0 Å². The Labute approximate surface area is 177 Å². The molecule has 2 aromatic rings. The summed E-state index contributed by atoms with van der Waals surface area (Å²) in [6.07, 6.45) is 1.82. The number of amides is 1. The minimum Gasteiger partial charge on any atom is -0.490 e. The lowest BCUT2D eigenvalue weighted by Gasteiger charge is -2.33. The molecular formula is C23H28ClNO4. The highest BCUT2D eigenvalue weighted by atomic mass is 35.5. The third-order valence-electron chi connectivity index (χ3n) is 4.83. The Morgan fingerprint density at radius 3 is 2.72 bits per heavy atom. The summed E-state index contributed by atoms with van der Waals surface area (Å²) in [7, 11) is 0. The molecule has 29 heavy (non-hydrogen) atoms. The third-order valence-corrected chi connectivity index (χ3v) is 5.11. The van der Waals surface area contributed by atoms with Gasteiger partial charge < -0.3 is 19.1 Å². The van der Waals surface area contributed by atoms with Gasteiger partial charge >= 0.3 is 0 Å². The number of ether oxygens (including phenoxy) is 3. The Hall–Kier alpha value is -2.24. The second-order valence-electron chi connectivity index (χ2n) is 6.94. The van der Waals surface area contributed by atoms with Crippen LogP contribution in [0.15, 0.2) is 42.5 Å². The van der Waals surface area contributed by atoms with Crippen LogP contribution in [-0.2, 0) is 4.74 Å². The van der Waals surface area contributed by atoms with Crippen molar-refractivity contribution in [1.82, 2.24) is 4.90 Å². The predicted octanol–water partition coefficient (Wildman–Crippen LogP) is 5.13. The van der Waals surface area contributed by atoms with Gasteiger partial charge in [0, 0.05) is 12.1 Å². The predicted molar refractivity (Wildman–Crippen MR) is 114 cm³/mol. The van der Waals surface area contributed by atoms with Gasteiger partial charge in [0.05, 0.1) is 31.4 Å². The van der Waals surface area contributed by atoms with E-state index in [1.807, 2.05) is 37.3 Å². The van der Waals surface area contributed by atoms with Crippen LogP contribution in [0.2, 0.25) is 5.02 Å². The average Bonchev–Trinajstić information content (AvgIpc) is 2.76. The summed E-state index contributed by atoms with van der Waals surface area (Å²) in [5.41, 5.74) is 1.56. The highest BCUT2D eigenvalue weighted by Crippen LogP contribution is 2.37. The SMILES string of the molecule is CCCCOc1c(Cl)cc(C(=O)N2CCOC(c3ccccc3)C2)cc1OCC. The van der Waals surface area contributed by atoms with Crippen LogP contribution in [0.1, 0.15) is 48.7 Å². The second kappa shape index (κ2) is 10.5. The zero-order valence-corrected chi connectivity index (χ0v) is 17.8. The molecule has 0 aromatic heterocycles. The molecule has 1 amide bonds. The molecule has 1 atom stereocenters. The van der Waals surface area contributed by atoms with Gasteiger partial charge in [0.1, 0.15) is 6.10 Å². The fraction of sp³-hybridized carbons (Fsp3) is 0.435. The molecule has 1 aliphatic heterocycles. The highest BCUT2D eigenvalue weighted by molar-refractivity contribution is 6.32. The molecule has 1 heterocycles. The molecule has 6 heteroatoms. The maximum atomic E-state index is 13.2. The van der Waals surface area contributed by atoms with Crippen molar-refractivity contribution in [3.8, 4) is 11.5 Å². The van der Waals surface area contributed by atoms with E-state index in [0.29, 0.717) is 55.0 Å². The lowest BCUT2D eigenvalue weighted by Crippen LogP contribution is -2.42. The van der Waals surface area contributed by atoms with Crippen LogP contribution in [0.3, 0.4) is 0 Å². The van der Waals surface area contributed by atoms with Gasteiger partial charge in [0.25, 0.3) is 5.91 Å². The molecule has 0 radical (unpaired) electrons. The van der Waals surface area contributed by atoms with Gasteiger partial charge in [0.15, 0.2) is 11.5 Å². The van der Waals surface area contributed by atoms with E-state index in [9.17, 15) is 4.79 Å². The van der Waals surface area contributed by atoms with E-state index in [1.54, 1.807) is 17.0 Å². The number of hydrogen-bond acceptors (Lipinski definition) is 4. The molecule has 1 saturated heterocycles. The van der Waals surface area contributed by atoms with E-state index in [-0.39, 0.29) is 12.0 Å². The number of hydrogen-bond donors (Lipinski definition) is 0. The smallest absolute Gasteiger partial charge is 0.254 e. The quantitative estimate of drug-likeness (QED) is 0.558. The van der Waals surface area contributed by atoms with Crippen LogP contribution in [0.4, 0.5) is 0 Å². The molecule has 5 nitrogen and oxygen atoms in total. The lowest BCUT2D eigenvalue weighted by molar-refractivity contribution is -0.0228. The van der Waals surface area contributed by atoms with Gasteiger partial charge in [-0.15, -0.1) is 0 Å². The van der Waals surface area contributed by atoms with Crippen molar-refractivity contribution >= 4 is 17.5 Å². The maximum Gasteiger partial charge on any atom is 0.254 e. The molecular weight excluding hydrogens is 390 g/mol. The van der Waals surface area contributed by atoms with Crippen LogP contribution in [0, 0.1) is 0 Å². The van der Waals surface area contributed by atoms with Crippen LogP contribution in [0.5, 0.6) is 11.5 Å². The molecule has 0 aliphatic carbocycles. The highest BCUT2D eigenvalue weighted by Gasteiger charge is 2.27. The standard InChI is InChI=1S/C23H28ClNO4/c1-3-5-12-29-22-19(24)14-18(15-20(22)27-4-2)23(26)25-11-13-28-21(16-25)17-9-7-6-8-10-17/h6-10,14-15,21H,3-5,11-13,16H2,1-2H3. The summed E-state index contributed by atoms with van der Waals surface area (Å²) >= 11 is 6.46. The number of unbranched alkanes of at least 4 members (excludes halogenated alkanes) is 1. The van der Waals surface area contributed by atoms with Crippen LogP contribution >= 0.6 is 11.6 Å². The van der Waals surface area contributed by atoms with Gasteiger partial charge in [-0.25, -0.2) is 0 Å². The van der Waals surface area contributed by atoms with Crippen molar-refractivity contribution in [3.05, 3.63) is 58.6 Å². The van der Waals surface area contributed by atoms with Crippen LogP contribution in [-0.4, -0.2) is 43.7 Å². The first kappa shape index (κ1) is 21.5. The van der Waals surface area contributed by atoms with E-state index in [1.165, 1.54) is 0 Å². The lowest BCUT2D eigenvalue weighted by atomic mass is 10.1. The Morgan fingerprint density at radius 1 is 1.21 bits per heavy atom. The zero-order valence-electron chi connectivity index (χ0n) is 17.0. The van der Waals surface area contributed by atoms with E-state index < -0.39 is 0 Å². The first-order valence-corrected chi connectivity index (χ1v) is 10.6. The van der Waals surface area contributed by atoms with Gasteiger partial charge in [-0.3, -0.25) is 4.79 Å². The summed E-state index contributed by atoms with van der Waals surface area (Å²) in [5.74, 6) is 0.923. The second-order valence-corrected chi connectivity index (χ2v) is 7.35. The first-order valence-electron chi connectivity index (χ1n) is 10.2. The number of carbonyl (C=O) groups excluding carboxylic acids is 1. The Bertz CT molecular complexity index is 812. The van der Waals surface area contributed by atoms with E-state index in [0.717, 1.165) is 18.4 Å². The fourth-order valence-corrected chi connectivity index (χ4v) is 3.56. The largest absolute Gasteiger partial charge is 0.490 e. The molecule has 0 saturated carbocycles. The molecule has 1 fully saturated rings. The number of nitrogens with zero attached hydrogens (tertiary/aromatic N) is 1. The first-order chi connectivity index (χ1) is 14.1. The van der Waals surface area contributed by atoms with Crippen molar-refractivity contribution in [2.45, 2.75) is 32.8 Å². The monoisotopic (exact) mass is 417 g/mol. The summed E-state index contributed by atoms with van der Waals surface area (Å²) in [5, 5.41) is 0.392. The van der Waals surface area contributed by atoms with Crippen molar-refractivity contribution in [2.24, 2.45) is 0 Å². The number of rotatable bonds is 8. The van der Waals surface area contributed by atoms with Crippen LogP contribution in [0.25, 0.3) is 0 Å². The summed E-state index contributed by atoms with van der Waals surface area (Å²) in [4.78, 5) is 15.0. The van der Waals surface area contributed by atoms with Gasteiger partial charge in [-0.1, -0.05) is 55.3 Å². The molecule has 0 bridgehead atoms. The van der Waals surface area contributed by atoms with Gasteiger partial charge in [-0.05, 0) is 31.0 Å². The molecule has 2 aromatic carbocycles. The average molecular weight is 418 g/mol.